The van der Waals surface area contributed by atoms with Crippen LogP contribution < -0.4 is 0 Å². The Morgan fingerprint density at radius 2 is 1.96 bits per heavy atom. The number of carbonyl (C=O) groups excluding carboxylic acids is 1. The van der Waals surface area contributed by atoms with E-state index in [0.717, 1.165) is 37.9 Å². The van der Waals surface area contributed by atoms with Crippen LogP contribution in [0.3, 0.4) is 0 Å². The quantitative estimate of drug-likeness (QED) is 0.374. The van der Waals surface area contributed by atoms with Crippen molar-refractivity contribution < 1.29 is 9.53 Å². The lowest BCUT2D eigenvalue weighted by Gasteiger charge is -2.11. The Hall–Kier alpha value is -2.24. The highest BCUT2D eigenvalue weighted by Gasteiger charge is 2.10. The molecular weight excluding hydrogens is 356 g/mol. The SMILES string of the molecule is CC(=O)OCSc1ccc(-c2cc(-c3ccn[nH]3)cc(Cl)c2C)cc1. The molecule has 0 amide bonds. The molecule has 0 unspecified atom stereocenters. The number of H-pyrrole nitrogens is 1. The van der Waals surface area contributed by atoms with Crippen LogP contribution in [0.15, 0.2) is 53.6 Å². The molecule has 6 heteroatoms. The molecule has 0 spiro atoms. The van der Waals surface area contributed by atoms with Gasteiger partial charge in [0, 0.05) is 28.6 Å². The molecule has 0 radical (unpaired) electrons. The molecular formula is C19H17ClN2O2S. The van der Waals surface area contributed by atoms with E-state index in [1.54, 1.807) is 6.20 Å². The van der Waals surface area contributed by atoms with E-state index in [4.69, 9.17) is 16.3 Å². The first-order valence-corrected chi connectivity index (χ1v) is 9.07. The molecule has 0 fully saturated rings. The molecule has 3 aromatic rings. The van der Waals surface area contributed by atoms with Gasteiger partial charge in [-0.2, -0.15) is 5.10 Å². The highest BCUT2D eigenvalue weighted by molar-refractivity contribution is 7.99. The third-order valence-electron chi connectivity index (χ3n) is 3.81. The number of rotatable bonds is 5. The maximum absolute atomic E-state index is 10.8. The largest absolute Gasteiger partial charge is 0.454 e. The average molecular weight is 373 g/mol. The van der Waals surface area contributed by atoms with Crippen molar-refractivity contribution >= 4 is 29.3 Å². The number of nitrogens with one attached hydrogen (secondary N) is 1. The lowest BCUT2D eigenvalue weighted by Crippen LogP contribution is -1.96. The number of aromatic nitrogens is 2. The number of aromatic amines is 1. The van der Waals surface area contributed by atoms with E-state index in [-0.39, 0.29) is 5.97 Å². The number of carbonyl (C=O) groups is 1. The summed E-state index contributed by atoms with van der Waals surface area (Å²) in [5.41, 5.74) is 5.12. The van der Waals surface area contributed by atoms with Crippen LogP contribution >= 0.6 is 23.4 Å². The summed E-state index contributed by atoms with van der Waals surface area (Å²) in [6, 6.07) is 14.1. The fourth-order valence-corrected chi connectivity index (χ4v) is 3.37. The van der Waals surface area contributed by atoms with Crippen molar-refractivity contribution in [1.29, 1.82) is 0 Å². The Morgan fingerprint density at radius 1 is 1.20 bits per heavy atom. The van der Waals surface area contributed by atoms with Gasteiger partial charge in [0.05, 0.1) is 5.69 Å². The summed E-state index contributed by atoms with van der Waals surface area (Å²) in [6.45, 7) is 3.42. The second-order valence-electron chi connectivity index (χ2n) is 5.52. The number of ether oxygens (including phenoxy) is 1. The first kappa shape index (κ1) is 17.6. The molecule has 0 aliphatic heterocycles. The smallest absolute Gasteiger partial charge is 0.303 e. The van der Waals surface area contributed by atoms with E-state index in [1.165, 1.54) is 18.7 Å². The van der Waals surface area contributed by atoms with Gasteiger partial charge in [-0.15, -0.1) is 0 Å². The van der Waals surface area contributed by atoms with Crippen molar-refractivity contribution in [3.05, 3.63) is 59.2 Å². The summed E-state index contributed by atoms with van der Waals surface area (Å²) in [5, 5.41) is 7.68. The molecule has 0 saturated carbocycles. The summed E-state index contributed by atoms with van der Waals surface area (Å²) in [5.74, 6) is 0.0412. The maximum Gasteiger partial charge on any atom is 0.303 e. The van der Waals surface area contributed by atoms with Crippen LogP contribution in [0.1, 0.15) is 12.5 Å². The van der Waals surface area contributed by atoms with Gasteiger partial charge < -0.3 is 4.74 Å². The summed E-state index contributed by atoms with van der Waals surface area (Å²) < 4.78 is 4.95. The molecule has 0 aliphatic carbocycles. The zero-order valence-electron chi connectivity index (χ0n) is 13.9. The lowest BCUT2D eigenvalue weighted by molar-refractivity contribution is -0.138. The van der Waals surface area contributed by atoms with Gasteiger partial charge in [-0.1, -0.05) is 35.5 Å². The van der Waals surface area contributed by atoms with Gasteiger partial charge in [0.25, 0.3) is 0 Å². The van der Waals surface area contributed by atoms with E-state index >= 15 is 0 Å². The fourth-order valence-electron chi connectivity index (χ4n) is 2.46. The highest BCUT2D eigenvalue weighted by atomic mass is 35.5. The van der Waals surface area contributed by atoms with Crippen LogP contribution in [0.4, 0.5) is 0 Å². The zero-order valence-corrected chi connectivity index (χ0v) is 15.4. The van der Waals surface area contributed by atoms with Crippen molar-refractivity contribution in [1.82, 2.24) is 10.2 Å². The molecule has 0 saturated heterocycles. The number of hydrogen-bond donors (Lipinski definition) is 1. The van der Waals surface area contributed by atoms with E-state index < -0.39 is 0 Å². The van der Waals surface area contributed by atoms with E-state index in [9.17, 15) is 4.79 Å². The first-order chi connectivity index (χ1) is 12.0. The summed E-state index contributed by atoms with van der Waals surface area (Å²) >= 11 is 7.91. The highest BCUT2D eigenvalue weighted by Crippen LogP contribution is 2.34. The molecule has 2 aromatic carbocycles. The topological polar surface area (TPSA) is 55.0 Å². The van der Waals surface area contributed by atoms with Crippen molar-refractivity contribution in [3.63, 3.8) is 0 Å². The summed E-state index contributed by atoms with van der Waals surface area (Å²) in [6.07, 6.45) is 1.72. The van der Waals surface area contributed by atoms with E-state index in [2.05, 4.69) is 16.3 Å². The number of thioether (sulfide) groups is 1. The Balaban J connectivity index is 1.87. The van der Waals surface area contributed by atoms with Crippen LogP contribution in [0, 0.1) is 6.92 Å². The van der Waals surface area contributed by atoms with Crippen LogP contribution in [0.2, 0.25) is 5.02 Å². The van der Waals surface area contributed by atoms with Crippen LogP contribution in [0.5, 0.6) is 0 Å². The van der Waals surface area contributed by atoms with Gasteiger partial charge in [-0.3, -0.25) is 9.89 Å². The molecule has 0 aliphatic rings. The van der Waals surface area contributed by atoms with Gasteiger partial charge in [0.1, 0.15) is 5.94 Å². The third kappa shape index (κ3) is 4.24. The van der Waals surface area contributed by atoms with Crippen LogP contribution in [0.25, 0.3) is 22.4 Å². The predicted molar refractivity (Wildman–Crippen MR) is 102 cm³/mol. The molecule has 128 valence electrons. The molecule has 25 heavy (non-hydrogen) atoms. The third-order valence-corrected chi connectivity index (χ3v) is 5.04. The Bertz CT molecular complexity index is 877. The average Bonchev–Trinajstić information content (AvgIpc) is 3.12. The van der Waals surface area contributed by atoms with E-state index in [1.807, 2.05) is 43.3 Å². The second-order valence-corrected chi connectivity index (χ2v) is 6.93. The summed E-state index contributed by atoms with van der Waals surface area (Å²) in [7, 11) is 0. The molecule has 3 rings (SSSR count). The van der Waals surface area contributed by atoms with Gasteiger partial charge in [-0.05, 0) is 53.9 Å². The molecule has 1 heterocycles. The number of halogens is 1. The predicted octanol–water partition coefficient (Wildman–Crippen LogP) is 5.32. The molecule has 0 bridgehead atoms. The molecule has 4 nitrogen and oxygen atoms in total. The molecule has 1 aromatic heterocycles. The number of hydrogen-bond acceptors (Lipinski definition) is 4. The minimum Gasteiger partial charge on any atom is -0.454 e. The van der Waals surface area contributed by atoms with Gasteiger partial charge in [-0.25, -0.2) is 0 Å². The molecule has 1 N–H and O–H groups in total. The lowest BCUT2D eigenvalue weighted by atomic mass is 9.97. The number of esters is 1. The Labute approximate surface area is 155 Å². The second kappa shape index (κ2) is 7.76. The first-order valence-electron chi connectivity index (χ1n) is 7.71. The standard InChI is InChI=1S/C19H17ClN2O2S/c1-12-17(9-15(10-18(12)20)19-7-8-21-22-19)14-3-5-16(6-4-14)25-11-24-13(2)23/h3-10H,11H2,1-2H3,(H,21,22). The zero-order chi connectivity index (χ0) is 17.8. The van der Waals surface area contributed by atoms with Crippen molar-refractivity contribution in [2.45, 2.75) is 18.7 Å². The van der Waals surface area contributed by atoms with Crippen molar-refractivity contribution in [2.75, 3.05) is 5.94 Å². The minimum absolute atomic E-state index is 0.273. The fraction of sp³-hybridized carbons (Fsp3) is 0.158. The number of benzene rings is 2. The minimum atomic E-state index is -0.273. The van der Waals surface area contributed by atoms with Gasteiger partial charge >= 0.3 is 5.97 Å². The van der Waals surface area contributed by atoms with Crippen molar-refractivity contribution in [3.8, 4) is 22.4 Å². The monoisotopic (exact) mass is 372 g/mol. The van der Waals surface area contributed by atoms with Gasteiger partial charge in [0.15, 0.2) is 0 Å². The van der Waals surface area contributed by atoms with Gasteiger partial charge in [0.2, 0.25) is 0 Å². The van der Waals surface area contributed by atoms with E-state index in [0.29, 0.717) is 5.94 Å². The summed E-state index contributed by atoms with van der Waals surface area (Å²) in [4.78, 5) is 11.9. The van der Waals surface area contributed by atoms with Crippen LogP contribution in [-0.2, 0) is 9.53 Å². The van der Waals surface area contributed by atoms with Crippen LogP contribution in [-0.4, -0.2) is 22.1 Å². The molecule has 0 atom stereocenters. The number of nitrogens with zero attached hydrogens (tertiary/aromatic N) is 1. The Kier molecular flexibility index (Phi) is 5.46. The van der Waals surface area contributed by atoms with Crippen molar-refractivity contribution in [2.24, 2.45) is 0 Å². The maximum atomic E-state index is 10.8. The Morgan fingerprint density at radius 3 is 2.60 bits per heavy atom. The normalized spacial score (nSPS) is 10.7.